The third-order valence-electron chi connectivity index (χ3n) is 6.59. The number of nitrogens with one attached hydrogen (secondary N) is 1. The van der Waals surface area contributed by atoms with Gasteiger partial charge in [-0.05, 0) is 41.8 Å². The van der Waals surface area contributed by atoms with Crippen LogP contribution >= 0.6 is 0 Å². The summed E-state index contributed by atoms with van der Waals surface area (Å²) >= 11 is 0. The lowest BCUT2D eigenvalue weighted by Crippen LogP contribution is -2.58. The molecule has 2 aliphatic rings. The van der Waals surface area contributed by atoms with E-state index in [-0.39, 0.29) is 11.3 Å². The van der Waals surface area contributed by atoms with Gasteiger partial charge in [0.15, 0.2) is 11.5 Å². The summed E-state index contributed by atoms with van der Waals surface area (Å²) in [6.07, 6.45) is 7.55. The number of benzene rings is 2. The van der Waals surface area contributed by atoms with Gasteiger partial charge in [0.25, 0.3) is 0 Å². The van der Waals surface area contributed by atoms with Crippen LogP contribution in [0.25, 0.3) is 6.08 Å². The van der Waals surface area contributed by atoms with E-state index in [1.807, 2.05) is 24.3 Å². The van der Waals surface area contributed by atoms with Crippen molar-refractivity contribution in [2.75, 3.05) is 25.2 Å². The molecule has 2 aromatic carbocycles. The molecule has 0 aliphatic carbocycles. The zero-order valence-corrected chi connectivity index (χ0v) is 18.9. The van der Waals surface area contributed by atoms with Crippen LogP contribution in [0.4, 0.5) is 5.69 Å². The number of anilines is 1. The van der Waals surface area contributed by atoms with E-state index < -0.39 is 5.66 Å². The SMILES string of the molecule is CCCCCOc1ccc(C=C[C@]23NC(=O)CN2c2ccccc2C3(C)C)cc1OC. The number of fused-ring (bicyclic) bond motifs is 3. The highest BCUT2D eigenvalue weighted by molar-refractivity contribution is 5.91. The molecular formula is C26H32N2O3. The molecule has 2 aromatic rings. The first-order valence-corrected chi connectivity index (χ1v) is 11.1. The molecular weight excluding hydrogens is 388 g/mol. The molecule has 5 heteroatoms. The normalized spacial score (nSPS) is 21.2. The van der Waals surface area contributed by atoms with Crippen molar-refractivity contribution in [1.82, 2.24) is 5.32 Å². The van der Waals surface area contributed by atoms with E-state index in [9.17, 15) is 4.79 Å². The van der Waals surface area contributed by atoms with Crippen molar-refractivity contribution in [1.29, 1.82) is 0 Å². The van der Waals surface area contributed by atoms with E-state index in [0.717, 1.165) is 35.6 Å². The van der Waals surface area contributed by atoms with Gasteiger partial charge in [0, 0.05) is 11.1 Å². The number of hydrogen-bond acceptors (Lipinski definition) is 4. The molecule has 0 spiro atoms. The molecule has 1 N–H and O–H groups in total. The van der Waals surface area contributed by atoms with Gasteiger partial charge in [-0.1, -0.05) is 64.0 Å². The molecule has 4 rings (SSSR count). The summed E-state index contributed by atoms with van der Waals surface area (Å²) in [4.78, 5) is 14.6. The van der Waals surface area contributed by atoms with Crippen LogP contribution < -0.4 is 19.7 Å². The fraction of sp³-hybridized carbons (Fsp3) is 0.423. The van der Waals surface area contributed by atoms with Gasteiger partial charge >= 0.3 is 0 Å². The molecule has 0 unspecified atom stereocenters. The van der Waals surface area contributed by atoms with Crippen molar-refractivity contribution in [2.45, 2.75) is 51.1 Å². The number of hydrogen-bond donors (Lipinski definition) is 1. The van der Waals surface area contributed by atoms with Crippen molar-refractivity contribution in [3.05, 3.63) is 59.7 Å². The summed E-state index contributed by atoms with van der Waals surface area (Å²) in [5.41, 5.74) is 2.48. The van der Waals surface area contributed by atoms with E-state index in [4.69, 9.17) is 9.47 Å². The Morgan fingerprint density at radius 3 is 2.71 bits per heavy atom. The summed E-state index contributed by atoms with van der Waals surface area (Å²) < 4.78 is 11.5. The molecule has 164 valence electrons. The van der Waals surface area contributed by atoms with Gasteiger partial charge in [0.1, 0.15) is 5.66 Å². The second kappa shape index (κ2) is 8.29. The lowest BCUT2D eigenvalue weighted by atomic mass is 9.75. The first-order chi connectivity index (χ1) is 14.9. The average molecular weight is 421 g/mol. The number of nitrogens with zero attached hydrogens (tertiary/aromatic N) is 1. The van der Waals surface area contributed by atoms with E-state index >= 15 is 0 Å². The Morgan fingerprint density at radius 1 is 1.13 bits per heavy atom. The molecule has 0 bridgehead atoms. The third kappa shape index (κ3) is 3.56. The molecule has 0 aromatic heterocycles. The standard InChI is InChI=1S/C26H32N2O3/c1-5-6-9-16-31-22-13-12-19(17-23(22)30-4)14-15-26-25(2,3)20-10-7-8-11-21(20)28(26)18-24(29)27-26/h7-8,10-15,17H,5-6,9,16,18H2,1-4H3,(H,27,29)/t26-/m0/s1. The summed E-state index contributed by atoms with van der Waals surface area (Å²) in [6, 6.07) is 14.3. The molecule has 1 fully saturated rings. The number of para-hydroxylation sites is 1. The van der Waals surface area contributed by atoms with Crippen LogP contribution in [0.2, 0.25) is 0 Å². The first kappa shape index (κ1) is 21.3. The van der Waals surface area contributed by atoms with Crippen molar-refractivity contribution in [3.63, 3.8) is 0 Å². The zero-order valence-electron chi connectivity index (χ0n) is 18.9. The Labute approximate surface area is 185 Å². The van der Waals surface area contributed by atoms with Gasteiger partial charge in [0.2, 0.25) is 5.91 Å². The van der Waals surface area contributed by atoms with Gasteiger partial charge in [-0.15, -0.1) is 0 Å². The highest BCUT2D eigenvalue weighted by Gasteiger charge is 2.59. The highest BCUT2D eigenvalue weighted by Crippen LogP contribution is 2.52. The van der Waals surface area contributed by atoms with Crippen molar-refractivity contribution >= 4 is 17.7 Å². The number of carbonyl (C=O) groups is 1. The Bertz CT molecular complexity index is 998. The maximum Gasteiger partial charge on any atom is 0.241 e. The maximum absolute atomic E-state index is 12.4. The van der Waals surface area contributed by atoms with Crippen LogP contribution in [-0.2, 0) is 10.2 Å². The largest absolute Gasteiger partial charge is 0.493 e. The van der Waals surface area contributed by atoms with E-state index in [2.05, 4.69) is 61.3 Å². The van der Waals surface area contributed by atoms with Crippen LogP contribution in [0.15, 0.2) is 48.5 Å². The van der Waals surface area contributed by atoms with Crippen molar-refractivity contribution in [3.8, 4) is 11.5 Å². The molecule has 1 atom stereocenters. The lowest BCUT2D eigenvalue weighted by molar-refractivity contribution is -0.118. The number of rotatable bonds is 8. The second-order valence-corrected chi connectivity index (χ2v) is 8.84. The molecule has 0 radical (unpaired) electrons. The van der Waals surface area contributed by atoms with Crippen molar-refractivity contribution in [2.24, 2.45) is 0 Å². The fourth-order valence-electron chi connectivity index (χ4n) is 4.80. The molecule has 31 heavy (non-hydrogen) atoms. The number of methoxy groups -OCH3 is 1. The van der Waals surface area contributed by atoms with Crippen LogP contribution in [-0.4, -0.2) is 31.8 Å². The lowest BCUT2D eigenvalue weighted by Gasteiger charge is -2.40. The Morgan fingerprint density at radius 2 is 1.94 bits per heavy atom. The molecule has 2 heterocycles. The van der Waals surface area contributed by atoms with Gasteiger partial charge in [-0.25, -0.2) is 0 Å². The van der Waals surface area contributed by atoms with Crippen LogP contribution in [0.3, 0.4) is 0 Å². The third-order valence-corrected chi connectivity index (χ3v) is 6.59. The number of carbonyl (C=O) groups excluding carboxylic acids is 1. The highest BCUT2D eigenvalue weighted by atomic mass is 16.5. The minimum absolute atomic E-state index is 0.0423. The molecule has 5 nitrogen and oxygen atoms in total. The topological polar surface area (TPSA) is 50.8 Å². The van der Waals surface area contributed by atoms with Crippen LogP contribution in [0.5, 0.6) is 11.5 Å². The van der Waals surface area contributed by atoms with Gasteiger partial charge < -0.3 is 19.7 Å². The minimum atomic E-state index is -0.601. The predicted octanol–water partition coefficient (Wildman–Crippen LogP) is 4.90. The summed E-state index contributed by atoms with van der Waals surface area (Å²) in [7, 11) is 1.66. The number of unbranched alkanes of at least 4 members (excludes halogenated alkanes) is 2. The van der Waals surface area contributed by atoms with Crippen LogP contribution in [0, 0.1) is 0 Å². The summed E-state index contributed by atoms with van der Waals surface area (Å²) in [6.45, 7) is 7.61. The quantitative estimate of drug-likeness (QED) is 0.617. The maximum atomic E-state index is 12.4. The molecule has 1 amide bonds. The van der Waals surface area contributed by atoms with Crippen molar-refractivity contribution < 1.29 is 14.3 Å². The Hall–Kier alpha value is -2.95. The van der Waals surface area contributed by atoms with Gasteiger partial charge in [0.05, 0.1) is 20.3 Å². The Balaban J connectivity index is 1.62. The number of amides is 1. The minimum Gasteiger partial charge on any atom is -0.493 e. The fourth-order valence-corrected chi connectivity index (χ4v) is 4.80. The smallest absolute Gasteiger partial charge is 0.241 e. The van der Waals surface area contributed by atoms with E-state index in [1.165, 1.54) is 12.0 Å². The van der Waals surface area contributed by atoms with E-state index in [0.29, 0.717) is 13.2 Å². The van der Waals surface area contributed by atoms with Gasteiger partial charge in [-0.2, -0.15) is 0 Å². The monoisotopic (exact) mass is 420 g/mol. The molecule has 1 saturated heterocycles. The molecule has 0 saturated carbocycles. The second-order valence-electron chi connectivity index (χ2n) is 8.84. The van der Waals surface area contributed by atoms with Crippen LogP contribution in [0.1, 0.15) is 51.2 Å². The first-order valence-electron chi connectivity index (χ1n) is 11.1. The zero-order chi connectivity index (χ0) is 22.1. The van der Waals surface area contributed by atoms with E-state index in [1.54, 1.807) is 7.11 Å². The van der Waals surface area contributed by atoms with Gasteiger partial charge in [-0.3, -0.25) is 4.79 Å². The average Bonchev–Trinajstić information content (AvgIpc) is 3.20. The summed E-state index contributed by atoms with van der Waals surface area (Å²) in [5, 5.41) is 3.26. The Kier molecular flexibility index (Phi) is 5.69. The summed E-state index contributed by atoms with van der Waals surface area (Å²) in [5.74, 6) is 1.52. The number of ether oxygens (including phenoxy) is 2. The predicted molar refractivity (Wildman–Crippen MR) is 125 cm³/mol. The molecule has 2 aliphatic heterocycles.